The molecule has 0 aliphatic carbocycles. The molecule has 1 rings (SSSR count). The molecule has 0 saturated carbocycles. The van der Waals surface area contributed by atoms with Crippen molar-refractivity contribution in [1.29, 1.82) is 0 Å². The molecule has 0 spiro atoms. The maximum absolute atomic E-state index is 5.88. The van der Waals surface area contributed by atoms with Crippen molar-refractivity contribution >= 4 is 8.07 Å². The number of nitrogens with zero attached hydrogens (tertiary/aromatic N) is 1. The molecule has 120 valence electrons. The molecule has 0 atom stereocenters. The van der Waals surface area contributed by atoms with E-state index in [9.17, 15) is 0 Å². The van der Waals surface area contributed by atoms with Crippen LogP contribution in [-0.4, -0.2) is 32.9 Å². The first-order valence-electron chi connectivity index (χ1n) is 8.35. The molecule has 0 aromatic heterocycles. The van der Waals surface area contributed by atoms with Crippen LogP contribution in [0.4, 0.5) is 0 Å². The molecule has 0 radical (unpaired) electrons. The van der Waals surface area contributed by atoms with Gasteiger partial charge in [-0.3, -0.25) is 4.90 Å². The van der Waals surface area contributed by atoms with E-state index in [-0.39, 0.29) is 0 Å². The van der Waals surface area contributed by atoms with Gasteiger partial charge in [0.05, 0.1) is 6.73 Å². The van der Waals surface area contributed by atoms with Crippen LogP contribution in [0.2, 0.25) is 25.7 Å². The van der Waals surface area contributed by atoms with Crippen molar-refractivity contribution in [3.8, 4) is 0 Å². The second-order valence-electron chi connectivity index (χ2n) is 7.09. The molecule has 2 nitrogen and oxygen atoms in total. The van der Waals surface area contributed by atoms with E-state index in [4.69, 9.17) is 4.74 Å². The number of benzene rings is 1. The minimum atomic E-state index is -0.995. The third-order valence-electron chi connectivity index (χ3n) is 3.59. The summed E-state index contributed by atoms with van der Waals surface area (Å²) >= 11 is 0. The van der Waals surface area contributed by atoms with Crippen LogP contribution >= 0.6 is 0 Å². The summed E-state index contributed by atoms with van der Waals surface area (Å²) in [4.78, 5) is 2.46. The van der Waals surface area contributed by atoms with Crippen LogP contribution in [0.5, 0.6) is 0 Å². The molecule has 0 fully saturated rings. The molecule has 1 aromatic carbocycles. The molecule has 1 aromatic rings. The Morgan fingerprint density at radius 2 is 1.76 bits per heavy atom. The lowest BCUT2D eigenvalue weighted by atomic mass is 10.2. The van der Waals surface area contributed by atoms with Crippen LogP contribution in [0.3, 0.4) is 0 Å². The van der Waals surface area contributed by atoms with E-state index in [0.29, 0.717) is 0 Å². The number of ether oxygens (including phenoxy) is 1. The Kier molecular flexibility index (Phi) is 8.89. The smallest absolute Gasteiger partial charge is 0.0992 e. The quantitative estimate of drug-likeness (QED) is 0.324. The predicted octanol–water partition coefficient (Wildman–Crippen LogP) is 4.99. The Bertz CT molecular complexity index is 361. The van der Waals surface area contributed by atoms with Gasteiger partial charge in [0.1, 0.15) is 0 Å². The minimum absolute atomic E-state index is 0.767. The van der Waals surface area contributed by atoms with Gasteiger partial charge in [-0.05, 0) is 24.6 Å². The molecule has 0 amide bonds. The van der Waals surface area contributed by atoms with Crippen LogP contribution < -0.4 is 0 Å². The molecule has 0 saturated heterocycles. The minimum Gasteiger partial charge on any atom is -0.366 e. The van der Waals surface area contributed by atoms with Gasteiger partial charge in [0.2, 0.25) is 0 Å². The summed E-state index contributed by atoms with van der Waals surface area (Å²) in [5.74, 6) is 0. The summed E-state index contributed by atoms with van der Waals surface area (Å²) in [5, 5.41) is 0. The van der Waals surface area contributed by atoms with Crippen molar-refractivity contribution in [2.75, 3.05) is 19.9 Å². The molecule has 0 aliphatic rings. The van der Waals surface area contributed by atoms with Gasteiger partial charge in [0.15, 0.2) is 0 Å². The maximum atomic E-state index is 5.88. The lowest BCUT2D eigenvalue weighted by Crippen LogP contribution is -2.32. The maximum Gasteiger partial charge on any atom is 0.0992 e. The highest BCUT2D eigenvalue weighted by Crippen LogP contribution is 2.12. The lowest BCUT2D eigenvalue weighted by molar-refractivity contribution is 0.0251. The number of rotatable bonds is 11. The standard InChI is InChI=1S/C18H33NOSi/c1-5-6-10-14-20-17-19(13-15-21(2,3)4)16-18-11-8-7-9-12-18/h7-9,11-12H,5-6,10,13-17H2,1-4H3. The van der Waals surface area contributed by atoms with Gasteiger partial charge in [-0.1, -0.05) is 69.7 Å². The summed E-state index contributed by atoms with van der Waals surface area (Å²) in [6.45, 7) is 13.4. The Labute approximate surface area is 132 Å². The van der Waals surface area contributed by atoms with Crippen LogP contribution in [0.25, 0.3) is 0 Å². The van der Waals surface area contributed by atoms with Gasteiger partial charge in [0, 0.05) is 21.2 Å². The van der Waals surface area contributed by atoms with E-state index >= 15 is 0 Å². The summed E-state index contributed by atoms with van der Waals surface area (Å²) in [7, 11) is -0.995. The Balaban J connectivity index is 2.41. The van der Waals surface area contributed by atoms with Gasteiger partial charge in [-0.25, -0.2) is 0 Å². The molecule has 21 heavy (non-hydrogen) atoms. The SMILES string of the molecule is CCCCCOCN(CC[Si](C)(C)C)Cc1ccccc1. The number of hydrogen-bond donors (Lipinski definition) is 0. The Morgan fingerprint density at radius 1 is 1.05 bits per heavy atom. The lowest BCUT2D eigenvalue weighted by Gasteiger charge is -2.26. The molecular weight excluding hydrogens is 274 g/mol. The predicted molar refractivity (Wildman–Crippen MR) is 95.3 cm³/mol. The zero-order chi connectivity index (χ0) is 15.6. The van der Waals surface area contributed by atoms with Crippen LogP contribution in [0.15, 0.2) is 30.3 Å². The van der Waals surface area contributed by atoms with Crippen LogP contribution in [-0.2, 0) is 11.3 Å². The van der Waals surface area contributed by atoms with E-state index in [0.717, 1.165) is 26.4 Å². The van der Waals surface area contributed by atoms with E-state index in [1.807, 2.05) is 0 Å². The summed E-state index contributed by atoms with van der Waals surface area (Å²) in [6, 6.07) is 12.1. The van der Waals surface area contributed by atoms with E-state index in [2.05, 4.69) is 61.8 Å². The summed E-state index contributed by atoms with van der Waals surface area (Å²) < 4.78 is 5.88. The fraction of sp³-hybridized carbons (Fsp3) is 0.667. The van der Waals surface area contributed by atoms with Crippen molar-refractivity contribution in [2.45, 2.75) is 58.4 Å². The van der Waals surface area contributed by atoms with Gasteiger partial charge >= 0.3 is 0 Å². The van der Waals surface area contributed by atoms with Crippen molar-refractivity contribution in [3.63, 3.8) is 0 Å². The monoisotopic (exact) mass is 307 g/mol. The van der Waals surface area contributed by atoms with Gasteiger partial charge in [-0.2, -0.15) is 0 Å². The van der Waals surface area contributed by atoms with Crippen molar-refractivity contribution in [3.05, 3.63) is 35.9 Å². The van der Waals surface area contributed by atoms with E-state index in [1.54, 1.807) is 0 Å². The average Bonchev–Trinajstić information content (AvgIpc) is 2.44. The first-order valence-corrected chi connectivity index (χ1v) is 12.1. The van der Waals surface area contributed by atoms with Crippen LogP contribution in [0, 0.1) is 0 Å². The highest BCUT2D eigenvalue weighted by molar-refractivity contribution is 6.76. The van der Waals surface area contributed by atoms with Crippen molar-refractivity contribution in [2.24, 2.45) is 0 Å². The van der Waals surface area contributed by atoms with Crippen molar-refractivity contribution in [1.82, 2.24) is 4.90 Å². The van der Waals surface area contributed by atoms with Gasteiger partial charge < -0.3 is 4.74 Å². The third-order valence-corrected chi connectivity index (χ3v) is 5.32. The number of unbranched alkanes of at least 4 members (excludes halogenated alkanes) is 2. The fourth-order valence-electron chi connectivity index (χ4n) is 2.17. The summed E-state index contributed by atoms with van der Waals surface area (Å²) in [6.07, 6.45) is 3.71. The van der Waals surface area contributed by atoms with Crippen LogP contribution in [0.1, 0.15) is 31.7 Å². The molecule has 0 heterocycles. The highest BCUT2D eigenvalue weighted by Gasteiger charge is 2.15. The normalized spacial score (nSPS) is 12.0. The topological polar surface area (TPSA) is 12.5 Å². The average molecular weight is 308 g/mol. The first-order chi connectivity index (χ1) is 10.0. The van der Waals surface area contributed by atoms with E-state index < -0.39 is 8.07 Å². The van der Waals surface area contributed by atoms with Gasteiger partial charge in [-0.15, -0.1) is 0 Å². The number of hydrogen-bond acceptors (Lipinski definition) is 2. The Morgan fingerprint density at radius 3 is 2.38 bits per heavy atom. The van der Waals surface area contributed by atoms with Crippen molar-refractivity contribution < 1.29 is 4.74 Å². The molecule has 0 N–H and O–H groups in total. The second-order valence-corrected chi connectivity index (χ2v) is 12.7. The first kappa shape index (κ1) is 18.4. The zero-order valence-corrected chi connectivity index (χ0v) is 15.4. The van der Waals surface area contributed by atoms with E-state index in [1.165, 1.54) is 30.9 Å². The largest absolute Gasteiger partial charge is 0.366 e. The molecular formula is C18H33NOSi. The molecule has 0 bridgehead atoms. The molecule has 0 aliphatic heterocycles. The third kappa shape index (κ3) is 9.83. The van der Waals surface area contributed by atoms with Gasteiger partial charge in [0.25, 0.3) is 0 Å². The Hall–Kier alpha value is -0.643. The zero-order valence-electron chi connectivity index (χ0n) is 14.4. The molecule has 0 unspecified atom stereocenters. The molecule has 3 heteroatoms. The summed E-state index contributed by atoms with van der Waals surface area (Å²) in [5.41, 5.74) is 1.38. The second kappa shape index (κ2) is 10.1. The highest BCUT2D eigenvalue weighted by atomic mass is 28.3. The fourth-order valence-corrected chi connectivity index (χ4v) is 3.16.